The lowest BCUT2D eigenvalue weighted by atomic mass is 10.0. The van der Waals surface area contributed by atoms with E-state index in [2.05, 4.69) is 0 Å². The minimum Gasteiger partial charge on any atom is -0.480 e. The Labute approximate surface area is 64.0 Å². The Morgan fingerprint density at radius 3 is 2.18 bits per heavy atom. The lowest BCUT2D eigenvalue weighted by Crippen LogP contribution is -2.55. The molecule has 0 unspecified atom stereocenters. The molecule has 66 valence electrons. The van der Waals surface area contributed by atoms with Gasteiger partial charge in [-0.2, -0.15) is 0 Å². The third-order valence-electron chi connectivity index (χ3n) is 1.39. The first-order valence-electron chi connectivity index (χ1n) is 3.12. The number of hydrogen-bond donors (Lipinski definition) is 5. The summed E-state index contributed by atoms with van der Waals surface area (Å²) in [4.78, 5) is 10.2. The van der Waals surface area contributed by atoms with Gasteiger partial charge in [0.2, 0.25) is 0 Å². The van der Waals surface area contributed by atoms with Gasteiger partial charge in [0.15, 0.2) is 0 Å². The van der Waals surface area contributed by atoms with E-state index < -0.39 is 24.2 Å². The van der Waals surface area contributed by atoms with E-state index in [4.69, 9.17) is 27.4 Å². The second kappa shape index (κ2) is 4.24. The number of hydrogen-bond acceptors (Lipinski definition) is 5. The molecule has 11 heavy (non-hydrogen) atoms. The van der Waals surface area contributed by atoms with E-state index in [-0.39, 0.29) is 6.54 Å². The number of aliphatic hydroxyl groups excluding tert-OH is 1. The van der Waals surface area contributed by atoms with Crippen LogP contribution < -0.4 is 17.2 Å². The summed E-state index contributed by atoms with van der Waals surface area (Å²) in [5.41, 5.74) is 15.4. The summed E-state index contributed by atoms with van der Waals surface area (Å²) in [6.45, 7) is -0.0951. The predicted molar refractivity (Wildman–Crippen MR) is 38.6 cm³/mol. The van der Waals surface area contributed by atoms with Gasteiger partial charge in [0, 0.05) is 6.54 Å². The predicted octanol–water partition coefficient (Wildman–Crippen LogP) is -2.95. The molecule has 0 saturated carbocycles. The zero-order valence-corrected chi connectivity index (χ0v) is 5.97. The zero-order valence-electron chi connectivity index (χ0n) is 5.97. The number of rotatable bonds is 4. The van der Waals surface area contributed by atoms with Gasteiger partial charge in [-0.05, 0) is 0 Å². The van der Waals surface area contributed by atoms with Gasteiger partial charge >= 0.3 is 5.97 Å². The minimum absolute atomic E-state index is 0.0951. The molecule has 0 aliphatic rings. The Kier molecular flexibility index (Phi) is 3.98. The molecule has 0 aliphatic heterocycles. The van der Waals surface area contributed by atoms with Crippen molar-refractivity contribution in [2.75, 3.05) is 6.54 Å². The Bertz CT molecular complexity index is 141. The molecule has 0 spiro atoms. The zero-order chi connectivity index (χ0) is 9.02. The number of carboxylic acids is 1. The van der Waals surface area contributed by atoms with Crippen molar-refractivity contribution in [1.29, 1.82) is 0 Å². The summed E-state index contributed by atoms with van der Waals surface area (Å²) in [5.74, 6) is -1.25. The maximum absolute atomic E-state index is 10.2. The maximum Gasteiger partial charge on any atom is 0.322 e. The smallest absolute Gasteiger partial charge is 0.322 e. The van der Waals surface area contributed by atoms with Crippen molar-refractivity contribution >= 4 is 5.97 Å². The van der Waals surface area contributed by atoms with E-state index in [0.717, 1.165) is 0 Å². The molecule has 0 radical (unpaired) electrons. The van der Waals surface area contributed by atoms with Crippen LogP contribution in [0.4, 0.5) is 0 Å². The van der Waals surface area contributed by atoms with Crippen LogP contribution in [0.25, 0.3) is 0 Å². The molecule has 0 aromatic carbocycles. The summed E-state index contributed by atoms with van der Waals surface area (Å²) >= 11 is 0. The number of carbonyl (C=O) groups is 1. The molecule has 6 heteroatoms. The van der Waals surface area contributed by atoms with Crippen molar-refractivity contribution in [2.45, 2.75) is 18.2 Å². The normalized spacial score (nSPS) is 18.9. The largest absolute Gasteiger partial charge is 0.480 e. The molecule has 3 atom stereocenters. The Balaban J connectivity index is 4.00. The monoisotopic (exact) mass is 163 g/mol. The van der Waals surface area contributed by atoms with Gasteiger partial charge in [0.1, 0.15) is 6.04 Å². The van der Waals surface area contributed by atoms with Crippen LogP contribution in [0.5, 0.6) is 0 Å². The summed E-state index contributed by atoms with van der Waals surface area (Å²) < 4.78 is 0. The molecule has 0 fully saturated rings. The molecule has 0 heterocycles. The van der Waals surface area contributed by atoms with Crippen molar-refractivity contribution in [2.24, 2.45) is 17.2 Å². The molecule has 8 N–H and O–H groups in total. The maximum atomic E-state index is 10.2. The molecular weight excluding hydrogens is 150 g/mol. The fraction of sp³-hybridized carbons (Fsp3) is 0.800. The van der Waals surface area contributed by atoms with Crippen LogP contribution in [-0.2, 0) is 4.79 Å². The number of carboxylic acid groups (broad SMARTS) is 1. The van der Waals surface area contributed by atoms with Gasteiger partial charge in [-0.25, -0.2) is 0 Å². The van der Waals surface area contributed by atoms with Gasteiger partial charge in [-0.15, -0.1) is 0 Å². The van der Waals surface area contributed by atoms with E-state index in [0.29, 0.717) is 0 Å². The average molecular weight is 163 g/mol. The summed E-state index contributed by atoms with van der Waals surface area (Å²) in [6, 6.07) is -2.29. The van der Waals surface area contributed by atoms with Gasteiger partial charge in [-0.1, -0.05) is 0 Å². The van der Waals surface area contributed by atoms with E-state index in [9.17, 15) is 4.79 Å². The van der Waals surface area contributed by atoms with Crippen molar-refractivity contribution < 1.29 is 15.0 Å². The highest BCUT2D eigenvalue weighted by Gasteiger charge is 2.25. The van der Waals surface area contributed by atoms with Crippen LogP contribution in [0.2, 0.25) is 0 Å². The van der Waals surface area contributed by atoms with Crippen LogP contribution in [0.3, 0.4) is 0 Å². The first-order valence-corrected chi connectivity index (χ1v) is 3.12. The Morgan fingerprint density at radius 2 is 1.91 bits per heavy atom. The van der Waals surface area contributed by atoms with Gasteiger partial charge in [0.05, 0.1) is 12.1 Å². The molecule has 6 nitrogen and oxygen atoms in total. The highest BCUT2D eigenvalue weighted by molar-refractivity contribution is 5.74. The summed E-state index contributed by atoms with van der Waals surface area (Å²) in [5, 5.41) is 17.3. The van der Waals surface area contributed by atoms with Crippen molar-refractivity contribution in [3.05, 3.63) is 0 Å². The highest BCUT2D eigenvalue weighted by atomic mass is 16.4. The first kappa shape index (κ1) is 10.3. The molecule has 0 bridgehead atoms. The average Bonchev–Trinajstić information content (AvgIpc) is 2.00. The fourth-order valence-electron chi connectivity index (χ4n) is 0.561. The SMILES string of the molecule is NC[C@@H](O)[C@@H](N)[C@H](N)C(=O)O. The molecule has 0 amide bonds. The molecule has 0 aliphatic carbocycles. The third-order valence-corrected chi connectivity index (χ3v) is 1.39. The minimum atomic E-state index is -1.27. The topological polar surface area (TPSA) is 136 Å². The first-order chi connectivity index (χ1) is 5.00. The van der Waals surface area contributed by atoms with Crippen LogP contribution in [-0.4, -0.2) is 40.9 Å². The van der Waals surface area contributed by atoms with E-state index >= 15 is 0 Å². The standard InChI is InChI=1S/C5H13N3O3/c6-1-2(9)3(7)4(8)5(10)11/h2-4,9H,1,6-8H2,(H,10,11)/t2-,3-,4+/m1/s1. The Morgan fingerprint density at radius 1 is 1.45 bits per heavy atom. The third kappa shape index (κ3) is 2.81. The van der Waals surface area contributed by atoms with Crippen molar-refractivity contribution in [3.63, 3.8) is 0 Å². The van der Waals surface area contributed by atoms with Crippen LogP contribution in [0, 0.1) is 0 Å². The van der Waals surface area contributed by atoms with Crippen LogP contribution in [0.15, 0.2) is 0 Å². The van der Waals surface area contributed by atoms with Gasteiger partial charge in [-0.3, -0.25) is 4.79 Å². The van der Waals surface area contributed by atoms with Crippen LogP contribution >= 0.6 is 0 Å². The van der Waals surface area contributed by atoms with Crippen molar-refractivity contribution in [3.8, 4) is 0 Å². The summed E-state index contributed by atoms with van der Waals surface area (Å²) in [6.07, 6.45) is -1.07. The molecule has 0 aromatic rings. The van der Waals surface area contributed by atoms with Crippen LogP contribution in [0.1, 0.15) is 0 Å². The number of nitrogens with two attached hydrogens (primary N) is 3. The molecule has 0 rings (SSSR count). The highest BCUT2D eigenvalue weighted by Crippen LogP contribution is 1.93. The fourth-order valence-corrected chi connectivity index (χ4v) is 0.561. The number of aliphatic carboxylic acids is 1. The van der Waals surface area contributed by atoms with E-state index in [1.54, 1.807) is 0 Å². The lowest BCUT2D eigenvalue weighted by molar-refractivity contribution is -0.139. The quantitative estimate of drug-likeness (QED) is 0.300. The van der Waals surface area contributed by atoms with Gasteiger partial charge in [0.25, 0.3) is 0 Å². The van der Waals surface area contributed by atoms with Crippen molar-refractivity contribution in [1.82, 2.24) is 0 Å². The second-order valence-corrected chi connectivity index (χ2v) is 2.24. The molecule has 0 aromatic heterocycles. The van der Waals surface area contributed by atoms with Gasteiger partial charge < -0.3 is 27.4 Å². The molecular formula is C5H13N3O3. The lowest BCUT2D eigenvalue weighted by Gasteiger charge is -2.20. The second-order valence-electron chi connectivity index (χ2n) is 2.24. The van der Waals surface area contributed by atoms with E-state index in [1.165, 1.54) is 0 Å². The number of aliphatic hydroxyl groups is 1. The molecule has 0 saturated heterocycles. The summed E-state index contributed by atoms with van der Waals surface area (Å²) in [7, 11) is 0. The Hall–Kier alpha value is -0.690. The van der Waals surface area contributed by atoms with E-state index in [1.807, 2.05) is 0 Å².